The average molecular weight is 281 g/mol. The zero-order chi connectivity index (χ0) is 13.8. The largest absolute Gasteiger partial charge is 0.437 e. The predicted molar refractivity (Wildman–Crippen MR) is 78.3 cm³/mol. The van der Waals surface area contributed by atoms with Crippen LogP contribution in [0.3, 0.4) is 0 Å². The van der Waals surface area contributed by atoms with Crippen molar-refractivity contribution >= 4 is 18.4 Å². The van der Waals surface area contributed by atoms with Crippen LogP contribution in [0.15, 0.2) is 5.18 Å². The second kappa shape index (κ2) is 6.59. The molecule has 0 amide bonds. The standard InChI is InChI=1S/C12H20BN3O2S/c1-3-6-16(13(2)17)9-4-5-10-11(7-9)19-12(15-10)8-14-18/h9,17H,3-8H2,1-2H3. The maximum absolute atomic E-state index is 10.3. The second-order valence-electron chi connectivity index (χ2n) is 5.03. The monoisotopic (exact) mass is 281 g/mol. The van der Waals surface area contributed by atoms with Gasteiger partial charge in [0.05, 0.1) is 5.69 Å². The molecule has 0 saturated carbocycles. The van der Waals surface area contributed by atoms with Gasteiger partial charge in [0.25, 0.3) is 0 Å². The fourth-order valence-corrected chi connectivity index (χ4v) is 3.85. The third-order valence-corrected chi connectivity index (χ3v) is 4.69. The summed E-state index contributed by atoms with van der Waals surface area (Å²) in [5.74, 6) is 0. The molecule has 0 fully saturated rings. The first-order valence-corrected chi connectivity index (χ1v) is 7.67. The van der Waals surface area contributed by atoms with E-state index in [0.717, 1.165) is 42.9 Å². The van der Waals surface area contributed by atoms with Crippen LogP contribution in [0.2, 0.25) is 6.82 Å². The minimum Gasteiger partial charge on any atom is -0.437 e. The number of nitrogens with zero attached hydrogens (tertiary/aromatic N) is 3. The van der Waals surface area contributed by atoms with E-state index in [0.29, 0.717) is 6.04 Å². The Morgan fingerprint density at radius 3 is 3.05 bits per heavy atom. The molecule has 1 aliphatic rings. The molecule has 7 heteroatoms. The number of aryl methyl sites for hydroxylation is 1. The number of hydrogen-bond donors (Lipinski definition) is 1. The fraction of sp³-hybridized carbons (Fsp3) is 0.750. The molecule has 1 aromatic rings. The van der Waals surface area contributed by atoms with E-state index >= 15 is 0 Å². The van der Waals surface area contributed by atoms with Crippen molar-refractivity contribution in [1.29, 1.82) is 0 Å². The molecule has 1 aromatic heterocycles. The van der Waals surface area contributed by atoms with E-state index in [-0.39, 0.29) is 6.54 Å². The first-order chi connectivity index (χ1) is 9.15. The number of nitroso groups, excluding NO2 is 1. The van der Waals surface area contributed by atoms with Crippen molar-refractivity contribution < 1.29 is 5.02 Å². The quantitative estimate of drug-likeness (QED) is 0.640. The van der Waals surface area contributed by atoms with Gasteiger partial charge in [-0.15, -0.1) is 11.3 Å². The van der Waals surface area contributed by atoms with Crippen molar-refractivity contribution in [2.45, 2.75) is 52.0 Å². The number of hydrogen-bond acceptors (Lipinski definition) is 6. The van der Waals surface area contributed by atoms with Crippen LogP contribution in [0.25, 0.3) is 0 Å². The molecule has 1 heterocycles. The van der Waals surface area contributed by atoms with Crippen molar-refractivity contribution in [1.82, 2.24) is 9.79 Å². The molecule has 0 spiro atoms. The summed E-state index contributed by atoms with van der Waals surface area (Å²) in [6.07, 6.45) is 3.92. The van der Waals surface area contributed by atoms with E-state index in [4.69, 9.17) is 0 Å². The summed E-state index contributed by atoms with van der Waals surface area (Å²) in [7, 11) is -0.407. The van der Waals surface area contributed by atoms with Crippen molar-refractivity contribution in [2.24, 2.45) is 5.18 Å². The number of thiazole rings is 1. The predicted octanol–water partition coefficient (Wildman–Crippen LogP) is 2.09. The minimum absolute atomic E-state index is 0.178. The lowest BCUT2D eigenvalue weighted by atomic mass is 9.80. The average Bonchev–Trinajstić information content (AvgIpc) is 2.77. The maximum Gasteiger partial charge on any atom is 0.376 e. The van der Waals surface area contributed by atoms with Gasteiger partial charge in [0.15, 0.2) is 0 Å². The van der Waals surface area contributed by atoms with Gasteiger partial charge in [-0.2, -0.15) is 4.91 Å². The summed E-state index contributed by atoms with van der Waals surface area (Å²) in [5.41, 5.74) is 1.13. The van der Waals surface area contributed by atoms with Crippen LogP contribution in [0.4, 0.5) is 0 Å². The Morgan fingerprint density at radius 2 is 2.42 bits per heavy atom. The highest BCUT2D eigenvalue weighted by Crippen LogP contribution is 2.29. The van der Waals surface area contributed by atoms with Gasteiger partial charge in [0, 0.05) is 10.9 Å². The first kappa shape index (κ1) is 14.6. The lowest BCUT2D eigenvalue weighted by molar-refractivity contribution is 0.262. The van der Waals surface area contributed by atoms with Gasteiger partial charge in [-0.1, -0.05) is 12.1 Å². The van der Waals surface area contributed by atoms with Gasteiger partial charge in [0.2, 0.25) is 0 Å². The molecule has 0 aliphatic heterocycles. The zero-order valence-electron chi connectivity index (χ0n) is 11.5. The van der Waals surface area contributed by atoms with Gasteiger partial charge >= 0.3 is 7.05 Å². The molecule has 0 bridgehead atoms. The lowest BCUT2D eigenvalue weighted by Gasteiger charge is -2.34. The SMILES string of the molecule is CCCN(B(C)O)C1CCc2nc(CN=O)sc2C1. The summed E-state index contributed by atoms with van der Waals surface area (Å²) in [5, 5.41) is 13.6. The molecule has 1 aliphatic carbocycles. The van der Waals surface area contributed by atoms with Crippen LogP contribution in [-0.4, -0.2) is 34.5 Å². The molecule has 1 N–H and O–H groups in total. The molecule has 0 radical (unpaired) electrons. The molecule has 5 nitrogen and oxygen atoms in total. The van der Waals surface area contributed by atoms with Gasteiger partial charge in [-0.05, 0) is 39.1 Å². The molecule has 0 aromatic carbocycles. The van der Waals surface area contributed by atoms with E-state index in [9.17, 15) is 9.93 Å². The zero-order valence-corrected chi connectivity index (χ0v) is 12.3. The Labute approximate surface area is 118 Å². The van der Waals surface area contributed by atoms with E-state index in [1.807, 2.05) is 6.82 Å². The Balaban J connectivity index is 2.09. The number of aromatic nitrogens is 1. The van der Waals surface area contributed by atoms with Crippen LogP contribution < -0.4 is 0 Å². The van der Waals surface area contributed by atoms with Gasteiger partial charge in [-0.3, -0.25) is 0 Å². The lowest BCUT2D eigenvalue weighted by Crippen LogP contribution is -2.47. The summed E-state index contributed by atoms with van der Waals surface area (Å²) in [6.45, 7) is 5.06. The highest BCUT2D eigenvalue weighted by Gasteiger charge is 2.30. The summed E-state index contributed by atoms with van der Waals surface area (Å²) < 4.78 is 0. The van der Waals surface area contributed by atoms with Crippen molar-refractivity contribution in [3.8, 4) is 0 Å². The minimum atomic E-state index is -0.407. The molecular weight excluding hydrogens is 261 g/mol. The third-order valence-electron chi connectivity index (χ3n) is 3.59. The smallest absolute Gasteiger partial charge is 0.376 e. The molecule has 0 saturated heterocycles. The third kappa shape index (κ3) is 3.40. The molecule has 19 heavy (non-hydrogen) atoms. The van der Waals surface area contributed by atoms with Gasteiger partial charge in [0.1, 0.15) is 11.6 Å². The van der Waals surface area contributed by atoms with Crippen molar-refractivity contribution in [3.63, 3.8) is 0 Å². The molecule has 104 valence electrons. The normalized spacial score (nSPS) is 18.4. The van der Waals surface area contributed by atoms with Crippen molar-refractivity contribution in [2.75, 3.05) is 6.54 Å². The summed E-state index contributed by atoms with van der Waals surface area (Å²) >= 11 is 1.60. The van der Waals surface area contributed by atoms with Crippen LogP contribution in [0, 0.1) is 4.91 Å². The van der Waals surface area contributed by atoms with Crippen LogP contribution >= 0.6 is 11.3 Å². The Kier molecular flexibility index (Phi) is 5.07. The van der Waals surface area contributed by atoms with Crippen LogP contribution in [0.1, 0.15) is 35.3 Å². The van der Waals surface area contributed by atoms with Crippen molar-refractivity contribution in [3.05, 3.63) is 20.5 Å². The number of fused-ring (bicyclic) bond motifs is 1. The highest BCUT2D eigenvalue weighted by molar-refractivity contribution is 7.11. The maximum atomic E-state index is 10.3. The highest BCUT2D eigenvalue weighted by atomic mass is 32.1. The van der Waals surface area contributed by atoms with E-state index in [1.54, 1.807) is 11.3 Å². The van der Waals surface area contributed by atoms with E-state index in [1.165, 1.54) is 4.88 Å². The second-order valence-corrected chi connectivity index (χ2v) is 6.20. The van der Waals surface area contributed by atoms with Crippen LogP contribution in [-0.2, 0) is 19.4 Å². The Morgan fingerprint density at radius 1 is 1.63 bits per heavy atom. The fourth-order valence-electron chi connectivity index (χ4n) is 2.75. The first-order valence-electron chi connectivity index (χ1n) is 6.86. The van der Waals surface area contributed by atoms with Gasteiger partial charge < -0.3 is 9.83 Å². The Bertz CT molecular complexity index is 439. The summed E-state index contributed by atoms with van der Waals surface area (Å²) in [4.78, 5) is 18.2. The van der Waals surface area contributed by atoms with E-state index in [2.05, 4.69) is 21.9 Å². The van der Waals surface area contributed by atoms with E-state index < -0.39 is 7.05 Å². The molecule has 1 atom stereocenters. The number of rotatable bonds is 6. The molecule has 2 rings (SSSR count). The van der Waals surface area contributed by atoms with Crippen LogP contribution in [0.5, 0.6) is 0 Å². The summed E-state index contributed by atoms with van der Waals surface area (Å²) in [6, 6.07) is 0.380. The topological polar surface area (TPSA) is 65.8 Å². The molecular formula is C12H20BN3O2S. The Hall–Kier alpha value is -0.785. The molecule has 1 unspecified atom stereocenters. The van der Waals surface area contributed by atoms with Gasteiger partial charge in [-0.25, -0.2) is 4.98 Å².